The number of aromatic nitrogens is 2. The van der Waals surface area contributed by atoms with Crippen LogP contribution in [0.4, 0.5) is 19.0 Å². The summed E-state index contributed by atoms with van der Waals surface area (Å²) >= 11 is 0. The second-order valence-corrected chi connectivity index (χ2v) is 8.41. The van der Waals surface area contributed by atoms with E-state index in [0.29, 0.717) is 31.5 Å². The molecule has 1 spiro atoms. The smallest absolute Gasteiger partial charge is 0.383 e. The van der Waals surface area contributed by atoms with Crippen molar-refractivity contribution in [2.45, 2.75) is 38.4 Å². The highest BCUT2D eigenvalue weighted by Crippen LogP contribution is 2.54. The topological polar surface area (TPSA) is 107 Å². The largest absolute Gasteiger partial charge is 0.416 e. The Labute approximate surface area is 182 Å². The van der Waals surface area contributed by atoms with Gasteiger partial charge in [0, 0.05) is 18.7 Å². The fourth-order valence-corrected chi connectivity index (χ4v) is 4.73. The molecule has 168 valence electrons. The van der Waals surface area contributed by atoms with E-state index < -0.39 is 17.6 Å². The molecule has 2 amide bonds. The predicted octanol–water partition coefficient (Wildman–Crippen LogP) is 2.83. The van der Waals surface area contributed by atoms with Gasteiger partial charge >= 0.3 is 6.18 Å². The lowest BCUT2D eigenvalue weighted by molar-refractivity contribution is -0.137. The van der Waals surface area contributed by atoms with Crippen LogP contribution < -0.4 is 11.5 Å². The first-order valence-corrected chi connectivity index (χ1v) is 10.1. The van der Waals surface area contributed by atoms with Crippen LogP contribution in [-0.2, 0) is 11.0 Å². The SMILES string of the molecule is CC#CC(=O)N1CCC2(CC(n3nc(-c4ccc(C(F)(F)F)cc4)c(C(N)=O)c3N)C2)C1. The Hall–Kier alpha value is -3.48. The molecule has 0 unspecified atom stereocenters. The van der Waals surface area contributed by atoms with E-state index in [1.165, 1.54) is 16.8 Å². The molecule has 4 N–H and O–H groups in total. The van der Waals surface area contributed by atoms with Gasteiger partial charge in [0.2, 0.25) is 0 Å². The number of primary amides is 1. The van der Waals surface area contributed by atoms with Crippen molar-refractivity contribution in [3.63, 3.8) is 0 Å². The van der Waals surface area contributed by atoms with Crippen LogP contribution in [-0.4, -0.2) is 39.6 Å². The molecule has 1 saturated carbocycles. The van der Waals surface area contributed by atoms with E-state index in [2.05, 4.69) is 16.9 Å². The second kappa shape index (κ2) is 7.58. The molecule has 2 fully saturated rings. The van der Waals surface area contributed by atoms with E-state index in [1.807, 2.05) is 0 Å². The Kier molecular flexibility index (Phi) is 5.15. The minimum atomic E-state index is -4.47. The summed E-state index contributed by atoms with van der Waals surface area (Å²) in [4.78, 5) is 25.8. The van der Waals surface area contributed by atoms with Crippen molar-refractivity contribution in [2.24, 2.45) is 11.1 Å². The van der Waals surface area contributed by atoms with Gasteiger partial charge in [0.25, 0.3) is 11.8 Å². The molecule has 4 rings (SSSR count). The number of carbonyl (C=O) groups is 2. The molecule has 10 heteroatoms. The number of benzene rings is 1. The molecule has 1 aromatic carbocycles. The number of halogens is 3. The Bertz CT molecular complexity index is 1140. The van der Waals surface area contributed by atoms with Gasteiger partial charge in [-0.25, -0.2) is 4.68 Å². The van der Waals surface area contributed by atoms with Crippen LogP contribution >= 0.6 is 0 Å². The molecule has 2 heterocycles. The van der Waals surface area contributed by atoms with Crippen LogP contribution in [0.1, 0.15) is 48.1 Å². The normalized spacial score (nSPS) is 22.4. The average Bonchev–Trinajstić information content (AvgIpc) is 3.28. The summed E-state index contributed by atoms with van der Waals surface area (Å²) in [6, 6.07) is 4.26. The fourth-order valence-electron chi connectivity index (χ4n) is 4.73. The summed E-state index contributed by atoms with van der Waals surface area (Å²) in [5, 5.41) is 4.46. The third-order valence-electron chi connectivity index (χ3n) is 6.32. The van der Waals surface area contributed by atoms with Crippen molar-refractivity contribution in [3.05, 3.63) is 35.4 Å². The lowest BCUT2D eigenvalue weighted by Gasteiger charge is -2.45. The molecule has 2 aromatic rings. The van der Waals surface area contributed by atoms with Gasteiger partial charge in [-0.15, -0.1) is 0 Å². The molecule has 1 aliphatic heterocycles. The number of amides is 2. The summed E-state index contributed by atoms with van der Waals surface area (Å²) in [5.74, 6) is 4.28. The highest BCUT2D eigenvalue weighted by molar-refractivity contribution is 6.03. The Balaban J connectivity index is 1.58. The maximum Gasteiger partial charge on any atom is 0.416 e. The molecular formula is C22H22F3N5O2. The highest BCUT2D eigenvalue weighted by Gasteiger charge is 2.51. The number of anilines is 1. The Morgan fingerprint density at radius 3 is 2.44 bits per heavy atom. The number of carbonyl (C=O) groups excluding carboxylic acids is 2. The molecule has 1 aromatic heterocycles. The van der Waals surface area contributed by atoms with E-state index in [-0.39, 0.29) is 34.4 Å². The van der Waals surface area contributed by atoms with Crippen molar-refractivity contribution in [1.82, 2.24) is 14.7 Å². The first-order chi connectivity index (χ1) is 15.0. The third kappa shape index (κ3) is 3.68. The number of alkyl halides is 3. The second-order valence-electron chi connectivity index (χ2n) is 8.41. The zero-order valence-corrected chi connectivity index (χ0v) is 17.4. The minimum absolute atomic E-state index is 0.00726. The molecule has 7 nitrogen and oxygen atoms in total. The number of likely N-dealkylation sites (tertiary alicyclic amines) is 1. The summed E-state index contributed by atoms with van der Waals surface area (Å²) in [6.45, 7) is 2.86. The van der Waals surface area contributed by atoms with Gasteiger partial charge in [0.05, 0.1) is 11.6 Å². The fraction of sp³-hybridized carbons (Fsp3) is 0.409. The van der Waals surface area contributed by atoms with Crippen LogP contribution in [0, 0.1) is 17.3 Å². The van der Waals surface area contributed by atoms with Crippen LogP contribution in [0.15, 0.2) is 24.3 Å². The molecule has 0 radical (unpaired) electrons. The van der Waals surface area contributed by atoms with E-state index in [1.54, 1.807) is 11.8 Å². The van der Waals surface area contributed by atoms with Gasteiger partial charge in [-0.1, -0.05) is 18.1 Å². The lowest BCUT2D eigenvalue weighted by atomic mass is 9.65. The number of hydrogen-bond acceptors (Lipinski definition) is 4. The summed E-state index contributed by atoms with van der Waals surface area (Å²) in [5.41, 5.74) is 11.3. The molecule has 1 aliphatic carbocycles. The molecule has 0 atom stereocenters. The van der Waals surface area contributed by atoms with Gasteiger partial charge < -0.3 is 16.4 Å². The van der Waals surface area contributed by atoms with Gasteiger partial charge in [-0.05, 0) is 49.7 Å². The van der Waals surface area contributed by atoms with Crippen LogP contribution in [0.3, 0.4) is 0 Å². The molecule has 32 heavy (non-hydrogen) atoms. The van der Waals surface area contributed by atoms with Gasteiger partial charge in [-0.3, -0.25) is 9.59 Å². The Morgan fingerprint density at radius 1 is 1.22 bits per heavy atom. The quantitative estimate of drug-likeness (QED) is 0.709. The number of rotatable bonds is 3. The maximum absolute atomic E-state index is 12.9. The number of nitrogens with two attached hydrogens (primary N) is 2. The summed E-state index contributed by atoms with van der Waals surface area (Å²) in [7, 11) is 0. The number of nitrogen functional groups attached to an aromatic ring is 1. The van der Waals surface area contributed by atoms with Crippen molar-refractivity contribution in [1.29, 1.82) is 0 Å². The molecule has 2 aliphatic rings. The average molecular weight is 445 g/mol. The third-order valence-corrected chi connectivity index (χ3v) is 6.32. The van der Waals surface area contributed by atoms with Crippen LogP contribution in [0.2, 0.25) is 0 Å². The first kappa shape index (κ1) is 21.7. The summed E-state index contributed by atoms with van der Waals surface area (Å²) < 4.78 is 40.2. The van der Waals surface area contributed by atoms with Crippen molar-refractivity contribution < 1.29 is 22.8 Å². The van der Waals surface area contributed by atoms with Crippen molar-refractivity contribution in [3.8, 4) is 23.1 Å². The number of nitrogens with zero attached hydrogens (tertiary/aromatic N) is 3. The monoisotopic (exact) mass is 445 g/mol. The lowest BCUT2D eigenvalue weighted by Crippen LogP contribution is -2.42. The van der Waals surface area contributed by atoms with E-state index in [9.17, 15) is 22.8 Å². The van der Waals surface area contributed by atoms with Crippen LogP contribution in [0.5, 0.6) is 0 Å². The van der Waals surface area contributed by atoms with Crippen LogP contribution in [0.25, 0.3) is 11.3 Å². The van der Waals surface area contributed by atoms with Crippen molar-refractivity contribution >= 4 is 17.6 Å². The van der Waals surface area contributed by atoms with Crippen molar-refractivity contribution in [2.75, 3.05) is 18.8 Å². The minimum Gasteiger partial charge on any atom is -0.383 e. The van der Waals surface area contributed by atoms with E-state index in [4.69, 9.17) is 11.5 Å². The maximum atomic E-state index is 12.9. The zero-order chi connectivity index (χ0) is 23.3. The van der Waals surface area contributed by atoms with E-state index in [0.717, 1.165) is 18.6 Å². The zero-order valence-electron chi connectivity index (χ0n) is 17.4. The molecular weight excluding hydrogens is 423 g/mol. The molecule has 0 bridgehead atoms. The highest BCUT2D eigenvalue weighted by atomic mass is 19.4. The standard InChI is InChI=1S/C22H22F3N5O2/c1-2-3-16(31)29-9-8-21(12-29)10-15(11-21)30-19(26)17(20(27)32)18(28-30)13-4-6-14(7-5-13)22(23,24)25/h4-7,15H,8-12,26H2,1H3,(H2,27,32). The van der Waals surface area contributed by atoms with Gasteiger partial charge in [-0.2, -0.15) is 18.3 Å². The predicted molar refractivity (Wildman–Crippen MR) is 111 cm³/mol. The van der Waals surface area contributed by atoms with Gasteiger partial charge in [0.15, 0.2) is 0 Å². The number of hydrogen-bond donors (Lipinski definition) is 2. The van der Waals surface area contributed by atoms with E-state index >= 15 is 0 Å². The molecule has 1 saturated heterocycles. The first-order valence-electron chi connectivity index (χ1n) is 10.1. The van der Waals surface area contributed by atoms with Gasteiger partial charge in [0.1, 0.15) is 17.1 Å². The Morgan fingerprint density at radius 2 is 1.88 bits per heavy atom. The summed E-state index contributed by atoms with van der Waals surface area (Å²) in [6.07, 6.45) is -2.20.